The Morgan fingerprint density at radius 1 is 1.29 bits per heavy atom. The Hall–Kier alpha value is -0.690. The number of nitrogens with one attached hydrogen (secondary N) is 1. The van der Waals surface area contributed by atoms with Gasteiger partial charge in [0, 0.05) is 10.9 Å². The molecule has 2 aromatic rings. The first-order chi connectivity index (χ1) is 9.94. The number of hydrogen-bond donors (Lipinski definition) is 1. The molecule has 2 rings (SSSR count). The lowest BCUT2D eigenvalue weighted by atomic mass is 10.0. The van der Waals surface area contributed by atoms with E-state index in [0.29, 0.717) is 4.90 Å². The van der Waals surface area contributed by atoms with Crippen molar-refractivity contribution in [1.29, 1.82) is 0 Å². The van der Waals surface area contributed by atoms with Crippen LogP contribution in [0.2, 0.25) is 0 Å². The van der Waals surface area contributed by atoms with E-state index in [1.54, 1.807) is 6.07 Å². The van der Waals surface area contributed by atoms with Crippen LogP contribution in [0.15, 0.2) is 45.1 Å². The molecule has 0 bridgehead atoms. The van der Waals surface area contributed by atoms with Crippen LogP contribution < -0.4 is 4.72 Å². The van der Waals surface area contributed by atoms with E-state index >= 15 is 0 Å². The molecule has 3 nitrogen and oxygen atoms in total. The van der Waals surface area contributed by atoms with Crippen molar-refractivity contribution in [3.63, 3.8) is 0 Å². The SMILES string of the molecule is CCCC(NS(=O)(=O)c1cc(Br)sc1C)c1ccccc1. The van der Waals surface area contributed by atoms with Gasteiger partial charge in [0.1, 0.15) is 0 Å². The van der Waals surface area contributed by atoms with Crippen molar-refractivity contribution in [2.24, 2.45) is 0 Å². The maximum absolute atomic E-state index is 12.6. The minimum atomic E-state index is -3.51. The first kappa shape index (κ1) is 16.7. The monoisotopic (exact) mass is 387 g/mol. The van der Waals surface area contributed by atoms with Gasteiger partial charge in [0.25, 0.3) is 0 Å². The Morgan fingerprint density at radius 3 is 2.48 bits per heavy atom. The molecule has 1 unspecified atom stereocenters. The van der Waals surface area contributed by atoms with Gasteiger partial charge in [0.2, 0.25) is 10.0 Å². The van der Waals surface area contributed by atoms with Crippen LogP contribution in [0, 0.1) is 6.92 Å². The molecular weight excluding hydrogens is 370 g/mol. The van der Waals surface area contributed by atoms with Crippen LogP contribution in [-0.4, -0.2) is 8.42 Å². The van der Waals surface area contributed by atoms with Gasteiger partial charge in [0.15, 0.2) is 0 Å². The second-order valence-corrected chi connectivity index (χ2v) is 9.16. The molecule has 0 amide bonds. The summed E-state index contributed by atoms with van der Waals surface area (Å²) in [5.74, 6) is 0. The third-order valence-electron chi connectivity index (χ3n) is 3.21. The summed E-state index contributed by atoms with van der Waals surface area (Å²) in [6.07, 6.45) is 1.68. The predicted molar refractivity (Wildman–Crippen MR) is 91.2 cm³/mol. The van der Waals surface area contributed by atoms with Crippen LogP contribution >= 0.6 is 27.3 Å². The van der Waals surface area contributed by atoms with E-state index in [2.05, 4.69) is 27.6 Å². The third kappa shape index (κ3) is 4.16. The third-order valence-corrected chi connectivity index (χ3v) is 6.49. The molecule has 6 heteroatoms. The first-order valence-corrected chi connectivity index (χ1v) is 9.86. The second kappa shape index (κ2) is 7.05. The maximum Gasteiger partial charge on any atom is 0.242 e. The summed E-state index contributed by atoms with van der Waals surface area (Å²) >= 11 is 4.77. The quantitative estimate of drug-likeness (QED) is 0.784. The van der Waals surface area contributed by atoms with Crippen molar-refractivity contribution in [3.05, 3.63) is 50.6 Å². The zero-order chi connectivity index (χ0) is 15.5. The number of aryl methyl sites for hydroxylation is 1. The van der Waals surface area contributed by atoms with Gasteiger partial charge in [-0.1, -0.05) is 43.7 Å². The lowest BCUT2D eigenvalue weighted by Crippen LogP contribution is -2.28. The fraction of sp³-hybridized carbons (Fsp3) is 0.333. The molecule has 0 aliphatic rings. The van der Waals surface area contributed by atoms with Gasteiger partial charge in [-0.25, -0.2) is 13.1 Å². The van der Waals surface area contributed by atoms with Crippen molar-refractivity contribution in [2.45, 2.75) is 37.6 Å². The molecule has 0 saturated heterocycles. The molecule has 0 aliphatic carbocycles. The average Bonchev–Trinajstić information content (AvgIpc) is 2.79. The minimum Gasteiger partial charge on any atom is -0.207 e. The van der Waals surface area contributed by atoms with E-state index in [0.717, 1.165) is 27.1 Å². The van der Waals surface area contributed by atoms with Gasteiger partial charge < -0.3 is 0 Å². The van der Waals surface area contributed by atoms with Gasteiger partial charge in [-0.3, -0.25) is 0 Å². The highest BCUT2D eigenvalue weighted by atomic mass is 79.9. The molecule has 114 valence electrons. The van der Waals surface area contributed by atoms with Gasteiger partial charge in [-0.05, 0) is 40.9 Å². The summed E-state index contributed by atoms with van der Waals surface area (Å²) in [5, 5.41) is 0. The van der Waals surface area contributed by atoms with Crippen LogP contribution in [0.5, 0.6) is 0 Å². The fourth-order valence-corrected chi connectivity index (χ4v) is 5.89. The van der Waals surface area contributed by atoms with E-state index in [4.69, 9.17) is 0 Å². The number of thiophene rings is 1. The largest absolute Gasteiger partial charge is 0.242 e. The highest BCUT2D eigenvalue weighted by Gasteiger charge is 2.24. The van der Waals surface area contributed by atoms with Crippen LogP contribution in [-0.2, 0) is 10.0 Å². The fourth-order valence-electron chi connectivity index (χ4n) is 2.22. The minimum absolute atomic E-state index is 0.195. The van der Waals surface area contributed by atoms with E-state index in [-0.39, 0.29) is 6.04 Å². The standard InChI is InChI=1S/C15H18BrNO2S2/c1-3-7-13(12-8-5-4-6-9-12)17-21(18,19)14-10-15(16)20-11(14)2/h4-6,8-10,13,17H,3,7H2,1-2H3. The Labute approximate surface area is 138 Å². The zero-order valence-electron chi connectivity index (χ0n) is 12.0. The van der Waals surface area contributed by atoms with Crippen LogP contribution in [0.25, 0.3) is 0 Å². The number of hydrogen-bond acceptors (Lipinski definition) is 3. The van der Waals surface area contributed by atoms with Gasteiger partial charge in [0.05, 0.1) is 8.68 Å². The highest BCUT2D eigenvalue weighted by Crippen LogP contribution is 2.31. The maximum atomic E-state index is 12.6. The molecule has 1 N–H and O–H groups in total. The lowest BCUT2D eigenvalue weighted by molar-refractivity contribution is 0.536. The summed E-state index contributed by atoms with van der Waals surface area (Å²) in [6, 6.07) is 11.2. The average molecular weight is 388 g/mol. The number of halogens is 1. The molecule has 1 aromatic heterocycles. The van der Waals surface area contributed by atoms with Crippen molar-refractivity contribution >= 4 is 37.3 Å². The molecule has 1 aromatic carbocycles. The summed E-state index contributed by atoms with van der Waals surface area (Å²) in [5.41, 5.74) is 0.995. The molecule has 0 aliphatic heterocycles. The lowest BCUT2D eigenvalue weighted by Gasteiger charge is -2.18. The van der Waals surface area contributed by atoms with E-state index < -0.39 is 10.0 Å². The topological polar surface area (TPSA) is 46.2 Å². The van der Waals surface area contributed by atoms with E-state index in [9.17, 15) is 8.42 Å². The highest BCUT2D eigenvalue weighted by molar-refractivity contribution is 9.11. The summed E-state index contributed by atoms with van der Waals surface area (Å²) in [4.78, 5) is 1.15. The Kier molecular flexibility index (Phi) is 5.60. The Bertz CT molecular complexity index is 696. The van der Waals surface area contributed by atoms with Crippen molar-refractivity contribution in [1.82, 2.24) is 4.72 Å². The molecule has 0 radical (unpaired) electrons. The second-order valence-electron chi connectivity index (χ2n) is 4.84. The normalized spacial score (nSPS) is 13.3. The van der Waals surface area contributed by atoms with Crippen LogP contribution in [0.3, 0.4) is 0 Å². The Morgan fingerprint density at radius 2 is 1.95 bits per heavy atom. The molecule has 0 spiro atoms. The zero-order valence-corrected chi connectivity index (χ0v) is 15.2. The summed E-state index contributed by atoms with van der Waals surface area (Å²) in [7, 11) is -3.51. The molecule has 0 saturated carbocycles. The van der Waals surface area contributed by atoms with Gasteiger partial charge >= 0.3 is 0 Å². The Balaban J connectivity index is 2.30. The van der Waals surface area contributed by atoms with Crippen LogP contribution in [0.4, 0.5) is 0 Å². The molecule has 0 fully saturated rings. The molecule has 1 heterocycles. The van der Waals surface area contributed by atoms with E-state index in [1.165, 1.54) is 11.3 Å². The first-order valence-electron chi connectivity index (χ1n) is 6.77. The van der Waals surface area contributed by atoms with Crippen molar-refractivity contribution in [3.8, 4) is 0 Å². The van der Waals surface area contributed by atoms with Crippen LogP contribution in [0.1, 0.15) is 36.2 Å². The summed E-state index contributed by atoms with van der Waals surface area (Å²) < 4.78 is 28.9. The van der Waals surface area contributed by atoms with Crippen molar-refractivity contribution in [2.75, 3.05) is 0 Å². The number of rotatable bonds is 6. The molecular formula is C15H18BrNO2S2. The van der Waals surface area contributed by atoms with Crippen molar-refractivity contribution < 1.29 is 8.42 Å². The molecule has 1 atom stereocenters. The summed E-state index contributed by atoms with van der Waals surface area (Å²) in [6.45, 7) is 3.87. The smallest absolute Gasteiger partial charge is 0.207 e. The predicted octanol–water partition coefficient (Wildman–Crippen LogP) is 4.64. The van der Waals surface area contributed by atoms with Gasteiger partial charge in [-0.15, -0.1) is 11.3 Å². The number of sulfonamides is 1. The number of benzene rings is 1. The molecule has 21 heavy (non-hydrogen) atoms. The van der Waals surface area contributed by atoms with E-state index in [1.807, 2.05) is 37.3 Å². The van der Waals surface area contributed by atoms with Gasteiger partial charge in [-0.2, -0.15) is 0 Å².